The fourth-order valence-corrected chi connectivity index (χ4v) is 2.93. The maximum Gasteiger partial charge on any atom is 0.240 e. The highest BCUT2D eigenvalue weighted by molar-refractivity contribution is 7.89. The van der Waals surface area contributed by atoms with Crippen LogP contribution in [0.25, 0.3) is 0 Å². The third kappa shape index (κ3) is 3.99. The van der Waals surface area contributed by atoms with Crippen LogP contribution in [0.5, 0.6) is 0 Å². The lowest BCUT2D eigenvalue weighted by Crippen LogP contribution is -2.35. The Balaban J connectivity index is 3.04. The standard InChI is InChI=1S/C12H15FN2O3S/c1-2-10(5-6-16)15-19(17,18)11-3-4-12(13)9(7-11)8-14/h3-4,7,10,15-16H,2,5-6H2,1H3. The number of halogens is 1. The number of sulfonamides is 1. The van der Waals surface area contributed by atoms with Gasteiger partial charge in [0.15, 0.2) is 0 Å². The minimum absolute atomic E-state index is 0.131. The zero-order chi connectivity index (χ0) is 14.5. The van der Waals surface area contributed by atoms with Crippen molar-refractivity contribution in [2.45, 2.75) is 30.7 Å². The molecule has 0 fully saturated rings. The highest BCUT2D eigenvalue weighted by Crippen LogP contribution is 2.15. The average molecular weight is 286 g/mol. The lowest BCUT2D eigenvalue weighted by atomic mass is 10.2. The number of nitrogens with zero attached hydrogens (tertiary/aromatic N) is 1. The van der Waals surface area contributed by atoms with E-state index in [1.54, 1.807) is 13.0 Å². The molecule has 0 amide bonds. The van der Waals surface area contributed by atoms with Gasteiger partial charge < -0.3 is 5.11 Å². The molecule has 0 aliphatic carbocycles. The van der Waals surface area contributed by atoms with Crippen molar-refractivity contribution < 1.29 is 17.9 Å². The van der Waals surface area contributed by atoms with Crippen LogP contribution in [-0.4, -0.2) is 26.2 Å². The first-order valence-electron chi connectivity index (χ1n) is 5.77. The molecular formula is C12H15FN2O3S. The van der Waals surface area contributed by atoms with Crippen molar-refractivity contribution in [3.05, 3.63) is 29.6 Å². The summed E-state index contributed by atoms with van der Waals surface area (Å²) in [7, 11) is -3.82. The fourth-order valence-electron chi connectivity index (χ4n) is 1.55. The number of nitriles is 1. The molecule has 1 aromatic carbocycles. The van der Waals surface area contributed by atoms with E-state index in [-0.39, 0.29) is 17.1 Å². The van der Waals surface area contributed by atoms with Crippen LogP contribution in [0.4, 0.5) is 4.39 Å². The molecule has 0 bridgehead atoms. The van der Waals surface area contributed by atoms with Gasteiger partial charge in [0.1, 0.15) is 11.9 Å². The van der Waals surface area contributed by atoms with E-state index in [1.165, 1.54) is 0 Å². The fraction of sp³-hybridized carbons (Fsp3) is 0.417. The molecule has 19 heavy (non-hydrogen) atoms. The summed E-state index contributed by atoms with van der Waals surface area (Å²) in [6.45, 7) is 1.65. The second-order valence-corrected chi connectivity index (χ2v) is 5.71. The van der Waals surface area contributed by atoms with Crippen LogP contribution in [0.3, 0.4) is 0 Å². The van der Waals surface area contributed by atoms with E-state index in [2.05, 4.69) is 4.72 Å². The van der Waals surface area contributed by atoms with Crippen LogP contribution in [-0.2, 0) is 10.0 Å². The van der Waals surface area contributed by atoms with Crippen molar-refractivity contribution in [3.63, 3.8) is 0 Å². The number of hydrogen-bond donors (Lipinski definition) is 2. The smallest absolute Gasteiger partial charge is 0.240 e. The van der Waals surface area contributed by atoms with E-state index in [0.717, 1.165) is 18.2 Å². The first-order chi connectivity index (χ1) is 8.94. The van der Waals surface area contributed by atoms with E-state index in [0.29, 0.717) is 12.8 Å². The molecule has 1 rings (SSSR count). The van der Waals surface area contributed by atoms with Crippen LogP contribution in [0.15, 0.2) is 23.1 Å². The Hall–Kier alpha value is -1.49. The minimum atomic E-state index is -3.82. The molecule has 0 aromatic heterocycles. The zero-order valence-corrected chi connectivity index (χ0v) is 11.2. The first-order valence-corrected chi connectivity index (χ1v) is 7.25. The second kappa shape index (κ2) is 6.61. The average Bonchev–Trinajstić information content (AvgIpc) is 2.38. The summed E-state index contributed by atoms with van der Waals surface area (Å²) in [6.07, 6.45) is 0.814. The Kier molecular flexibility index (Phi) is 5.42. The highest BCUT2D eigenvalue weighted by Gasteiger charge is 2.20. The monoisotopic (exact) mass is 286 g/mol. The van der Waals surface area contributed by atoms with Gasteiger partial charge in [-0.05, 0) is 31.0 Å². The summed E-state index contributed by atoms with van der Waals surface area (Å²) in [5.41, 5.74) is -0.321. The maximum atomic E-state index is 13.1. The van der Waals surface area contributed by atoms with Crippen molar-refractivity contribution in [2.75, 3.05) is 6.61 Å². The van der Waals surface area contributed by atoms with Gasteiger partial charge in [0.25, 0.3) is 0 Å². The van der Waals surface area contributed by atoms with Crippen LogP contribution in [0.2, 0.25) is 0 Å². The maximum absolute atomic E-state index is 13.1. The van der Waals surface area contributed by atoms with Crippen molar-refractivity contribution in [2.24, 2.45) is 0 Å². The first kappa shape index (κ1) is 15.6. The molecule has 104 valence electrons. The number of hydrogen-bond acceptors (Lipinski definition) is 4. The summed E-state index contributed by atoms with van der Waals surface area (Å²) in [5, 5.41) is 17.5. The van der Waals surface area contributed by atoms with Gasteiger partial charge in [-0.1, -0.05) is 6.92 Å². The van der Waals surface area contributed by atoms with E-state index in [4.69, 9.17) is 10.4 Å². The summed E-state index contributed by atoms with van der Waals surface area (Å²) in [4.78, 5) is -0.165. The van der Waals surface area contributed by atoms with Crippen LogP contribution in [0, 0.1) is 17.1 Å². The van der Waals surface area contributed by atoms with E-state index in [9.17, 15) is 12.8 Å². The molecule has 0 spiro atoms. The lowest BCUT2D eigenvalue weighted by molar-refractivity contribution is 0.270. The number of rotatable bonds is 6. The molecule has 1 atom stereocenters. The lowest BCUT2D eigenvalue weighted by Gasteiger charge is -2.16. The zero-order valence-electron chi connectivity index (χ0n) is 10.4. The normalized spacial score (nSPS) is 12.9. The molecule has 1 aromatic rings. The highest BCUT2D eigenvalue weighted by atomic mass is 32.2. The quantitative estimate of drug-likeness (QED) is 0.820. The van der Waals surface area contributed by atoms with Crippen molar-refractivity contribution in [1.29, 1.82) is 5.26 Å². The SMILES string of the molecule is CCC(CCO)NS(=O)(=O)c1ccc(F)c(C#N)c1. The summed E-state index contributed by atoms with van der Waals surface area (Å²) >= 11 is 0. The van der Waals surface area contributed by atoms with Crippen LogP contribution >= 0.6 is 0 Å². The predicted octanol–water partition coefficient (Wildman–Crippen LogP) is 1.14. The van der Waals surface area contributed by atoms with Crippen molar-refractivity contribution >= 4 is 10.0 Å². The molecule has 0 saturated carbocycles. The largest absolute Gasteiger partial charge is 0.396 e. The Morgan fingerprint density at radius 2 is 2.21 bits per heavy atom. The predicted molar refractivity (Wildman–Crippen MR) is 67.2 cm³/mol. The minimum Gasteiger partial charge on any atom is -0.396 e. The Morgan fingerprint density at radius 1 is 1.53 bits per heavy atom. The van der Waals surface area contributed by atoms with Crippen molar-refractivity contribution in [3.8, 4) is 6.07 Å². The topological polar surface area (TPSA) is 90.2 Å². The van der Waals surface area contributed by atoms with E-state index in [1.807, 2.05) is 0 Å². The summed E-state index contributed by atoms with van der Waals surface area (Å²) in [5.74, 6) is -0.760. The Labute approximate surface area is 111 Å². The third-order valence-corrected chi connectivity index (χ3v) is 4.18. The Morgan fingerprint density at radius 3 is 2.74 bits per heavy atom. The van der Waals surface area contributed by atoms with Gasteiger partial charge in [-0.3, -0.25) is 0 Å². The molecular weight excluding hydrogens is 271 g/mol. The molecule has 2 N–H and O–H groups in total. The van der Waals surface area contributed by atoms with Crippen molar-refractivity contribution in [1.82, 2.24) is 4.72 Å². The van der Waals surface area contributed by atoms with Crippen LogP contribution in [0.1, 0.15) is 25.3 Å². The molecule has 7 heteroatoms. The van der Waals surface area contributed by atoms with Gasteiger partial charge in [-0.2, -0.15) is 5.26 Å². The number of aliphatic hydroxyl groups excluding tert-OH is 1. The van der Waals surface area contributed by atoms with E-state index < -0.39 is 21.9 Å². The van der Waals surface area contributed by atoms with Gasteiger partial charge in [0, 0.05) is 12.6 Å². The Bertz CT molecular complexity index is 581. The molecule has 0 heterocycles. The summed E-state index contributed by atoms with van der Waals surface area (Å²) in [6, 6.07) is 4.23. The van der Waals surface area contributed by atoms with Gasteiger partial charge >= 0.3 is 0 Å². The molecule has 5 nitrogen and oxygen atoms in total. The molecule has 0 saturated heterocycles. The van der Waals surface area contributed by atoms with Gasteiger partial charge in [-0.15, -0.1) is 0 Å². The van der Waals surface area contributed by atoms with E-state index >= 15 is 0 Å². The van der Waals surface area contributed by atoms with Crippen LogP contribution < -0.4 is 4.72 Å². The molecule has 0 radical (unpaired) electrons. The number of aliphatic hydroxyl groups is 1. The molecule has 0 aliphatic heterocycles. The second-order valence-electron chi connectivity index (χ2n) is 3.99. The van der Waals surface area contributed by atoms with Gasteiger partial charge in [-0.25, -0.2) is 17.5 Å². The molecule has 0 aliphatic rings. The third-order valence-electron chi connectivity index (χ3n) is 2.66. The number of nitrogens with one attached hydrogen (secondary N) is 1. The van der Waals surface area contributed by atoms with Gasteiger partial charge in [0.05, 0.1) is 10.5 Å². The number of benzene rings is 1. The summed E-state index contributed by atoms with van der Waals surface area (Å²) < 4.78 is 39.6. The van der Waals surface area contributed by atoms with Gasteiger partial charge in [0.2, 0.25) is 10.0 Å². The molecule has 1 unspecified atom stereocenters.